The highest BCUT2D eigenvalue weighted by Crippen LogP contribution is 2.25. The summed E-state index contributed by atoms with van der Waals surface area (Å²) >= 11 is 1.90. The molecule has 2 heterocycles. The molecule has 1 unspecified atom stereocenters. The summed E-state index contributed by atoms with van der Waals surface area (Å²) in [5, 5.41) is 4.51. The maximum atomic E-state index is 4.59. The number of nitrogens with one attached hydrogen (secondary N) is 1. The van der Waals surface area contributed by atoms with Gasteiger partial charge in [0.25, 0.3) is 0 Å². The highest BCUT2D eigenvalue weighted by atomic mass is 32.1. The minimum absolute atomic E-state index is 0.668. The van der Waals surface area contributed by atoms with Crippen molar-refractivity contribution < 1.29 is 0 Å². The van der Waals surface area contributed by atoms with Gasteiger partial charge in [-0.15, -0.1) is 11.3 Å². The van der Waals surface area contributed by atoms with Crippen LogP contribution in [0.1, 0.15) is 36.6 Å². The Morgan fingerprint density at radius 3 is 3.11 bits per heavy atom. The number of hydrogen-bond donors (Lipinski definition) is 1. The van der Waals surface area contributed by atoms with Gasteiger partial charge in [-0.3, -0.25) is 4.90 Å². The number of likely N-dealkylation sites (tertiary alicyclic amines) is 1. The molecule has 3 nitrogen and oxygen atoms in total. The Balaban J connectivity index is 1.90. The second-order valence-electron chi connectivity index (χ2n) is 5.41. The van der Waals surface area contributed by atoms with Gasteiger partial charge in [-0.1, -0.05) is 0 Å². The van der Waals surface area contributed by atoms with Crippen LogP contribution in [0.2, 0.25) is 0 Å². The average molecular weight is 267 g/mol. The van der Waals surface area contributed by atoms with Gasteiger partial charge in [0.1, 0.15) is 0 Å². The van der Waals surface area contributed by atoms with Gasteiger partial charge in [0.15, 0.2) is 0 Å². The van der Waals surface area contributed by atoms with Gasteiger partial charge in [0.2, 0.25) is 0 Å². The lowest BCUT2D eigenvalue weighted by Gasteiger charge is -2.27. The number of thiazole rings is 1. The first-order valence-corrected chi connectivity index (χ1v) is 7.86. The maximum absolute atomic E-state index is 4.59. The Morgan fingerprint density at radius 1 is 1.56 bits per heavy atom. The molecule has 1 atom stereocenters. The van der Waals surface area contributed by atoms with Gasteiger partial charge >= 0.3 is 0 Å². The van der Waals surface area contributed by atoms with E-state index in [0.717, 1.165) is 19.4 Å². The molecule has 0 spiro atoms. The first-order chi connectivity index (χ1) is 8.70. The lowest BCUT2D eigenvalue weighted by Crippen LogP contribution is -2.36. The van der Waals surface area contributed by atoms with Crippen molar-refractivity contribution in [3.8, 4) is 0 Å². The van der Waals surface area contributed by atoms with Gasteiger partial charge in [0.05, 0.1) is 5.01 Å². The molecule has 1 aliphatic heterocycles. The molecule has 1 aromatic heterocycles. The summed E-state index contributed by atoms with van der Waals surface area (Å²) in [5.41, 5.74) is 0. The molecule has 1 aliphatic rings. The predicted molar refractivity (Wildman–Crippen MR) is 78.3 cm³/mol. The van der Waals surface area contributed by atoms with Gasteiger partial charge in [0, 0.05) is 29.6 Å². The van der Waals surface area contributed by atoms with E-state index in [1.54, 1.807) is 0 Å². The summed E-state index contributed by atoms with van der Waals surface area (Å²) in [6.07, 6.45) is 6.99. The highest BCUT2D eigenvalue weighted by Gasteiger charge is 2.27. The topological polar surface area (TPSA) is 28.2 Å². The molecule has 1 saturated heterocycles. The van der Waals surface area contributed by atoms with Crippen LogP contribution in [-0.2, 0) is 12.8 Å². The van der Waals surface area contributed by atoms with Gasteiger partial charge in [-0.05, 0) is 53.2 Å². The van der Waals surface area contributed by atoms with E-state index in [2.05, 4.69) is 35.2 Å². The molecule has 0 aliphatic carbocycles. The minimum Gasteiger partial charge on any atom is -0.319 e. The molecule has 102 valence electrons. The summed E-state index contributed by atoms with van der Waals surface area (Å²) < 4.78 is 0. The van der Waals surface area contributed by atoms with Gasteiger partial charge in [-0.25, -0.2) is 4.98 Å². The number of aromatic nitrogens is 1. The molecular formula is C14H25N3S. The highest BCUT2D eigenvalue weighted by molar-refractivity contribution is 7.11. The van der Waals surface area contributed by atoms with Crippen LogP contribution in [-0.4, -0.2) is 42.1 Å². The Labute approximate surface area is 115 Å². The largest absolute Gasteiger partial charge is 0.319 e. The third-order valence-electron chi connectivity index (χ3n) is 3.72. The molecule has 1 N–H and O–H groups in total. The third-order valence-corrected chi connectivity index (χ3v) is 4.80. The molecule has 18 heavy (non-hydrogen) atoms. The zero-order valence-electron chi connectivity index (χ0n) is 11.8. The SMILES string of the molecule is CNCCc1cnc(CC2CCCN2C(C)C)s1. The van der Waals surface area contributed by atoms with Crippen LogP contribution in [0.25, 0.3) is 0 Å². The lowest BCUT2D eigenvalue weighted by atomic mass is 10.1. The number of nitrogens with zero attached hydrogens (tertiary/aromatic N) is 2. The first kappa shape index (κ1) is 14.0. The summed E-state index contributed by atoms with van der Waals surface area (Å²) in [4.78, 5) is 8.63. The molecule has 0 amide bonds. The fourth-order valence-electron chi connectivity index (χ4n) is 2.76. The fourth-order valence-corrected chi connectivity index (χ4v) is 3.76. The first-order valence-electron chi connectivity index (χ1n) is 7.04. The number of rotatable bonds is 6. The molecule has 4 heteroatoms. The summed E-state index contributed by atoms with van der Waals surface area (Å²) in [5.74, 6) is 0. The zero-order valence-corrected chi connectivity index (χ0v) is 12.6. The zero-order chi connectivity index (χ0) is 13.0. The summed E-state index contributed by atoms with van der Waals surface area (Å²) in [6.45, 7) is 6.92. The monoisotopic (exact) mass is 267 g/mol. The quantitative estimate of drug-likeness (QED) is 0.857. The standard InChI is InChI=1S/C14H25N3S/c1-11(2)17-8-4-5-12(17)9-14-16-10-13(18-14)6-7-15-3/h10-12,15H,4-9H2,1-3H3. The van der Waals surface area contributed by atoms with E-state index in [-0.39, 0.29) is 0 Å². The molecule has 0 aromatic carbocycles. The van der Waals surface area contributed by atoms with Crippen LogP contribution in [0.3, 0.4) is 0 Å². The Kier molecular flexibility index (Phi) is 5.15. The second kappa shape index (κ2) is 6.64. The van der Waals surface area contributed by atoms with Crippen molar-refractivity contribution in [3.63, 3.8) is 0 Å². The maximum Gasteiger partial charge on any atom is 0.0943 e. The van der Waals surface area contributed by atoms with Crippen molar-refractivity contribution in [1.82, 2.24) is 15.2 Å². The van der Waals surface area contributed by atoms with Crippen LogP contribution >= 0.6 is 11.3 Å². The second-order valence-corrected chi connectivity index (χ2v) is 6.61. The van der Waals surface area contributed by atoms with Crippen molar-refractivity contribution in [1.29, 1.82) is 0 Å². The Hall–Kier alpha value is -0.450. The minimum atomic E-state index is 0.668. The van der Waals surface area contributed by atoms with Crippen LogP contribution < -0.4 is 5.32 Å². The van der Waals surface area contributed by atoms with E-state index in [0.29, 0.717) is 12.1 Å². The lowest BCUT2D eigenvalue weighted by molar-refractivity contribution is 0.202. The van der Waals surface area contributed by atoms with Crippen LogP contribution in [0.4, 0.5) is 0 Å². The van der Waals surface area contributed by atoms with E-state index in [9.17, 15) is 0 Å². The van der Waals surface area contributed by atoms with Crippen LogP contribution in [0.15, 0.2) is 6.20 Å². The molecule has 0 bridgehead atoms. The Morgan fingerprint density at radius 2 is 2.39 bits per heavy atom. The van der Waals surface area contributed by atoms with E-state index in [4.69, 9.17) is 0 Å². The van der Waals surface area contributed by atoms with Gasteiger partial charge in [-0.2, -0.15) is 0 Å². The fraction of sp³-hybridized carbons (Fsp3) is 0.786. The van der Waals surface area contributed by atoms with Crippen molar-refractivity contribution in [2.75, 3.05) is 20.1 Å². The molecule has 0 radical (unpaired) electrons. The summed E-state index contributed by atoms with van der Waals surface area (Å²) in [6, 6.07) is 1.38. The van der Waals surface area contributed by atoms with E-state index >= 15 is 0 Å². The predicted octanol–water partition coefficient (Wildman–Crippen LogP) is 2.32. The molecule has 1 aromatic rings. The van der Waals surface area contributed by atoms with Crippen molar-refractivity contribution >= 4 is 11.3 Å². The van der Waals surface area contributed by atoms with Crippen molar-refractivity contribution in [2.45, 2.75) is 51.6 Å². The number of likely N-dealkylation sites (N-methyl/N-ethyl adjacent to an activating group) is 1. The molecular weight excluding hydrogens is 242 g/mol. The van der Waals surface area contributed by atoms with Gasteiger partial charge < -0.3 is 5.32 Å². The molecule has 2 rings (SSSR count). The van der Waals surface area contributed by atoms with E-state index in [1.165, 1.54) is 29.3 Å². The molecule has 0 saturated carbocycles. The van der Waals surface area contributed by atoms with E-state index < -0.39 is 0 Å². The normalized spacial score (nSPS) is 21.0. The Bertz CT molecular complexity index is 362. The average Bonchev–Trinajstić information content (AvgIpc) is 2.96. The molecule has 1 fully saturated rings. The number of hydrogen-bond acceptors (Lipinski definition) is 4. The van der Waals surface area contributed by atoms with Crippen molar-refractivity contribution in [2.24, 2.45) is 0 Å². The van der Waals surface area contributed by atoms with Crippen LogP contribution in [0.5, 0.6) is 0 Å². The van der Waals surface area contributed by atoms with Crippen molar-refractivity contribution in [3.05, 3.63) is 16.1 Å². The summed E-state index contributed by atoms with van der Waals surface area (Å²) in [7, 11) is 2.00. The third kappa shape index (κ3) is 3.53. The van der Waals surface area contributed by atoms with E-state index in [1.807, 2.05) is 18.4 Å². The smallest absolute Gasteiger partial charge is 0.0943 e. The van der Waals surface area contributed by atoms with Crippen LogP contribution in [0, 0.1) is 0 Å².